The summed E-state index contributed by atoms with van der Waals surface area (Å²) in [4.78, 5) is 11.6. The second-order valence-electron chi connectivity index (χ2n) is 5.81. The highest BCUT2D eigenvalue weighted by molar-refractivity contribution is 6.25. The van der Waals surface area contributed by atoms with Gasteiger partial charge in [0.25, 0.3) is 0 Å². The fraction of sp³-hybridized carbons (Fsp3) is 0.438. The van der Waals surface area contributed by atoms with Crippen LogP contribution in [0.15, 0.2) is 35.4 Å². The molecule has 3 nitrogen and oxygen atoms in total. The van der Waals surface area contributed by atoms with Crippen molar-refractivity contribution in [1.29, 1.82) is 0 Å². The fourth-order valence-electron chi connectivity index (χ4n) is 1.74. The van der Waals surface area contributed by atoms with Gasteiger partial charge in [-0.2, -0.15) is 0 Å². The maximum atomic E-state index is 12.9. The van der Waals surface area contributed by atoms with Crippen molar-refractivity contribution in [2.75, 3.05) is 6.54 Å². The third-order valence-electron chi connectivity index (χ3n) is 2.90. The summed E-state index contributed by atoms with van der Waals surface area (Å²) in [6, 6.07) is 6.21. The van der Waals surface area contributed by atoms with Crippen LogP contribution in [0.5, 0.6) is 0 Å². The van der Waals surface area contributed by atoms with Crippen LogP contribution in [0.1, 0.15) is 39.2 Å². The first-order chi connectivity index (χ1) is 9.73. The molecule has 0 fully saturated rings. The summed E-state index contributed by atoms with van der Waals surface area (Å²) in [6.07, 6.45) is -0.496. The summed E-state index contributed by atoms with van der Waals surface area (Å²) in [5.41, 5.74) is 2.63. The molecule has 0 aliphatic carbocycles. The molecule has 1 N–H and O–H groups in total. The maximum absolute atomic E-state index is 12.9. The Kier molecular flexibility index (Phi) is 6.21. The average Bonchev–Trinajstić information content (AvgIpc) is 2.38. The highest BCUT2D eigenvalue weighted by Crippen LogP contribution is 2.24. The van der Waals surface area contributed by atoms with Gasteiger partial charge in [-0.15, -0.1) is 0 Å². The zero-order valence-corrected chi connectivity index (χ0v) is 13.5. The topological polar surface area (TPSA) is 38.3 Å². The average molecular weight is 314 g/mol. The third kappa shape index (κ3) is 6.17. The van der Waals surface area contributed by atoms with Crippen molar-refractivity contribution in [2.45, 2.75) is 39.2 Å². The van der Waals surface area contributed by atoms with Gasteiger partial charge in [0.15, 0.2) is 0 Å². The van der Waals surface area contributed by atoms with Crippen molar-refractivity contribution in [3.05, 3.63) is 46.8 Å². The van der Waals surface area contributed by atoms with E-state index in [9.17, 15) is 9.18 Å². The van der Waals surface area contributed by atoms with Crippen LogP contribution in [0.2, 0.25) is 0 Å². The predicted molar refractivity (Wildman–Crippen MR) is 83.0 cm³/mol. The Bertz CT molecular complexity index is 506. The zero-order chi connectivity index (χ0) is 16.0. The number of amides is 1. The lowest BCUT2D eigenvalue weighted by molar-refractivity contribution is 0.0532. The normalized spacial score (nSPS) is 13.7. The van der Waals surface area contributed by atoms with Crippen LogP contribution in [0.3, 0.4) is 0 Å². The van der Waals surface area contributed by atoms with Crippen LogP contribution >= 0.6 is 11.6 Å². The highest BCUT2D eigenvalue weighted by atomic mass is 35.5. The van der Waals surface area contributed by atoms with Gasteiger partial charge in [0.1, 0.15) is 11.4 Å². The first kappa shape index (κ1) is 17.5. The van der Waals surface area contributed by atoms with Gasteiger partial charge in [0.2, 0.25) is 0 Å². The number of halogens is 2. The SMILES string of the molecule is CC(C(=CCl)CNC(=O)OC(C)(C)C)c1ccc(F)cc1. The first-order valence-corrected chi connectivity index (χ1v) is 7.18. The Labute approximate surface area is 130 Å². The Balaban J connectivity index is 2.63. The number of alkyl carbamates (subject to hydrolysis) is 1. The number of rotatable bonds is 4. The van der Waals surface area contributed by atoms with Crippen molar-refractivity contribution >= 4 is 17.7 Å². The molecule has 116 valence electrons. The number of carbonyl (C=O) groups excluding carboxylic acids is 1. The number of carbonyl (C=O) groups is 1. The molecular weight excluding hydrogens is 293 g/mol. The minimum absolute atomic E-state index is 0.0296. The minimum atomic E-state index is -0.544. The van der Waals surface area contributed by atoms with Crippen LogP contribution in [0.25, 0.3) is 0 Å². The van der Waals surface area contributed by atoms with Crippen molar-refractivity contribution < 1.29 is 13.9 Å². The molecule has 0 radical (unpaired) electrons. The van der Waals surface area contributed by atoms with Gasteiger partial charge < -0.3 is 10.1 Å². The van der Waals surface area contributed by atoms with Crippen LogP contribution in [0, 0.1) is 5.82 Å². The van der Waals surface area contributed by atoms with Gasteiger partial charge in [-0.1, -0.05) is 30.7 Å². The van der Waals surface area contributed by atoms with E-state index in [0.717, 1.165) is 11.1 Å². The van der Waals surface area contributed by atoms with Crippen LogP contribution in [-0.2, 0) is 4.74 Å². The van der Waals surface area contributed by atoms with Crippen LogP contribution in [-0.4, -0.2) is 18.2 Å². The van der Waals surface area contributed by atoms with Gasteiger partial charge >= 0.3 is 6.09 Å². The summed E-state index contributed by atoms with van der Waals surface area (Å²) < 4.78 is 18.1. The van der Waals surface area contributed by atoms with E-state index in [2.05, 4.69) is 5.32 Å². The van der Waals surface area contributed by atoms with E-state index in [-0.39, 0.29) is 18.3 Å². The smallest absolute Gasteiger partial charge is 0.407 e. The second-order valence-corrected chi connectivity index (χ2v) is 6.03. The zero-order valence-electron chi connectivity index (χ0n) is 12.7. The molecule has 1 amide bonds. The van der Waals surface area contributed by atoms with Gasteiger partial charge in [-0.05, 0) is 44.0 Å². The van der Waals surface area contributed by atoms with Crippen molar-refractivity contribution in [2.24, 2.45) is 0 Å². The molecule has 0 aromatic heterocycles. The van der Waals surface area contributed by atoms with Crippen molar-refractivity contribution in [3.63, 3.8) is 0 Å². The number of hydrogen-bond donors (Lipinski definition) is 1. The van der Waals surface area contributed by atoms with Crippen LogP contribution in [0.4, 0.5) is 9.18 Å². The van der Waals surface area contributed by atoms with Gasteiger partial charge in [0.05, 0.1) is 0 Å². The lowest BCUT2D eigenvalue weighted by Gasteiger charge is -2.21. The molecule has 0 bridgehead atoms. The molecule has 1 unspecified atom stereocenters. The van der Waals surface area contributed by atoms with E-state index in [1.807, 2.05) is 6.92 Å². The van der Waals surface area contributed by atoms with Crippen molar-refractivity contribution in [1.82, 2.24) is 5.32 Å². The molecule has 21 heavy (non-hydrogen) atoms. The monoisotopic (exact) mass is 313 g/mol. The third-order valence-corrected chi connectivity index (χ3v) is 3.18. The number of hydrogen-bond acceptors (Lipinski definition) is 2. The molecular formula is C16H21ClFNO2. The molecule has 1 atom stereocenters. The molecule has 0 aliphatic heterocycles. The largest absolute Gasteiger partial charge is 0.444 e. The Morgan fingerprint density at radius 3 is 2.43 bits per heavy atom. The molecule has 1 aromatic rings. The summed E-state index contributed by atoms with van der Waals surface area (Å²) in [5.74, 6) is -0.313. The summed E-state index contributed by atoms with van der Waals surface area (Å²) in [6.45, 7) is 7.61. The second kappa shape index (κ2) is 7.46. The van der Waals surface area contributed by atoms with Gasteiger partial charge in [-0.3, -0.25) is 0 Å². The molecule has 0 saturated heterocycles. The molecule has 0 spiro atoms. The predicted octanol–water partition coefficient (Wildman–Crippen LogP) is 4.58. The molecule has 5 heteroatoms. The Hall–Kier alpha value is -1.55. The quantitative estimate of drug-likeness (QED) is 0.883. The lowest BCUT2D eigenvalue weighted by atomic mass is 9.94. The minimum Gasteiger partial charge on any atom is -0.444 e. The molecule has 1 rings (SSSR count). The lowest BCUT2D eigenvalue weighted by Crippen LogP contribution is -2.34. The number of benzene rings is 1. The standard InChI is InChI=1S/C16H21ClFNO2/c1-11(12-5-7-14(18)8-6-12)13(9-17)10-19-15(20)21-16(2,3)4/h5-9,11H,10H2,1-4H3,(H,19,20). The summed E-state index contributed by atoms with van der Waals surface area (Å²) in [7, 11) is 0. The van der Waals surface area contributed by atoms with E-state index in [4.69, 9.17) is 16.3 Å². The summed E-state index contributed by atoms with van der Waals surface area (Å²) >= 11 is 5.83. The van der Waals surface area contributed by atoms with Crippen LogP contribution < -0.4 is 5.32 Å². The van der Waals surface area contributed by atoms with E-state index in [1.54, 1.807) is 32.9 Å². The van der Waals surface area contributed by atoms with Gasteiger partial charge in [0, 0.05) is 18.0 Å². The van der Waals surface area contributed by atoms with E-state index in [0.29, 0.717) is 0 Å². The Morgan fingerprint density at radius 1 is 1.38 bits per heavy atom. The molecule has 1 aromatic carbocycles. The van der Waals surface area contributed by atoms with Gasteiger partial charge in [-0.25, -0.2) is 9.18 Å². The van der Waals surface area contributed by atoms with E-state index >= 15 is 0 Å². The molecule has 0 heterocycles. The van der Waals surface area contributed by atoms with E-state index in [1.165, 1.54) is 17.7 Å². The first-order valence-electron chi connectivity index (χ1n) is 6.74. The summed E-state index contributed by atoms with van der Waals surface area (Å²) in [5, 5.41) is 2.66. The number of nitrogens with one attached hydrogen (secondary N) is 1. The van der Waals surface area contributed by atoms with E-state index < -0.39 is 11.7 Å². The highest BCUT2D eigenvalue weighted by Gasteiger charge is 2.17. The maximum Gasteiger partial charge on any atom is 0.407 e. The fourth-order valence-corrected chi connectivity index (χ4v) is 2.01. The molecule has 0 aliphatic rings. The molecule has 0 saturated carbocycles. The Morgan fingerprint density at radius 2 is 1.95 bits per heavy atom. The number of ether oxygens (including phenoxy) is 1. The van der Waals surface area contributed by atoms with Crippen molar-refractivity contribution in [3.8, 4) is 0 Å².